The molecule has 0 aromatic carbocycles. The van der Waals surface area contributed by atoms with E-state index in [1.165, 1.54) is 0 Å². The van der Waals surface area contributed by atoms with Crippen LogP contribution < -0.4 is 5.73 Å². The van der Waals surface area contributed by atoms with Crippen LogP contribution in [-0.4, -0.2) is 22.7 Å². The Kier molecular flexibility index (Phi) is 3.14. The van der Waals surface area contributed by atoms with Gasteiger partial charge in [0.2, 0.25) is 0 Å². The van der Waals surface area contributed by atoms with Crippen molar-refractivity contribution in [3.63, 3.8) is 0 Å². The molecule has 1 aromatic rings. The summed E-state index contributed by atoms with van der Waals surface area (Å²) in [6, 6.07) is 4.01. The Labute approximate surface area is 66.2 Å². The van der Waals surface area contributed by atoms with Gasteiger partial charge in [0.05, 0.1) is 0 Å². The molecule has 62 valence electrons. The summed E-state index contributed by atoms with van der Waals surface area (Å²) in [6.07, 6.45) is 3.35. The van der Waals surface area contributed by atoms with Crippen LogP contribution in [0.15, 0.2) is 18.3 Å². The average Bonchev–Trinajstić information content (AvgIpc) is 2.40. The minimum absolute atomic E-state index is 0.0682. The molecule has 1 aromatic heterocycles. The number of aliphatic hydroxyl groups is 1. The van der Waals surface area contributed by atoms with Gasteiger partial charge in [-0.2, -0.15) is 0 Å². The molecular formula is C8H14N2O. The minimum atomic E-state index is 0.0682. The van der Waals surface area contributed by atoms with E-state index in [9.17, 15) is 0 Å². The van der Waals surface area contributed by atoms with E-state index >= 15 is 0 Å². The van der Waals surface area contributed by atoms with E-state index in [4.69, 9.17) is 10.8 Å². The van der Waals surface area contributed by atoms with E-state index in [1.807, 2.05) is 18.3 Å². The fourth-order valence-corrected chi connectivity index (χ4v) is 1.04. The summed E-state index contributed by atoms with van der Waals surface area (Å²) in [7, 11) is 0. The summed E-state index contributed by atoms with van der Waals surface area (Å²) in [5.74, 6) is 0. The lowest BCUT2D eigenvalue weighted by atomic mass is 10.1. The molecule has 3 nitrogen and oxygen atoms in total. The van der Waals surface area contributed by atoms with Crippen molar-refractivity contribution in [2.45, 2.75) is 18.9 Å². The van der Waals surface area contributed by atoms with Crippen molar-refractivity contribution in [3.8, 4) is 0 Å². The van der Waals surface area contributed by atoms with Crippen LogP contribution in [0.5, 0.6) is 0 Å². The van der Waals surface area contributed by atoms with Crippen molar-refractivity contribution in [2.24, 2.45) is 5.73 Å². The van der Waals surface area contributed by atoms with Crippen LogP contribution in [-0.2, 0) is 6.42 Å². The molecule has 1 atom stereocenters. The molecule has 0 saturated carbocycles. The first kappa shape index (κ1) is 8.30. The number of nitrogens with two attached hydrogens (primary N) is 1. The largest absolute Gasteiger partial charge is 0.396 e. The van der Waals surface area contributed by atoms with Crippen LogP contribution in [0.1, 0.15) is 12.1 Å². The van der Waals surface area contributed by atoms with Gasteiger partial charge in [-0.1, -0.05) is 0 Å². The highest BCUT2D eigenvalue weighted by Gasteiger charge is 2.02. The van der Waals surface area contributed by atoms with Crippen LogP contribution in [0.4, 0.5) is 0 Å². The molecule has 0 aliphatic carbocycles. The van der Waals surface area contributed by atoms with E-state index in [1.54, 1.807) is 0 Å². The lowest BCUT2D eigenvalue weighted by molar-refractivity contribution is 0.275. The van der Waals surface area contributed by atoms with Gasteiger partial charge in [0.25, 0.3) is 0 Å². The van der Waals surface area contributed by atoms with Crippen LogP contribution in [0.25, 0.3) is 0 Å². The molecule has 3 heteroatoms. The zero-order valence-corrected chi connectivity index (χ0v) is 6.46. The van der Waals surface area contributed by atoms with Gasteiger partial charge in [-0.25, -0.2) is 0 Å². The SMILES string of the molecule is N[C@H](CCO)Cc1ccc[nH]1. The second-order valence-electron chi connectivity index (χ2n) is 2.67. The summed E-state index contributed by atoms with van der Waals surface area (Å²) >= 11 is 0. The maximum atomic E-state index is 8.58. The van der Waals surface area contributed by atoms with Crippen LogP contribution in [0, 0.1) is 0 Å². The van der Waals surface area contributed by atoms with Crippen LogP contribution in [0.3, 0.4) is 0 Å². The second kappa shape index (κ2) is 4.16. The molecular weight excluding hydrogens is 140 g/mol. The first-order valence-electron chi connectivity index (χ1n) is 3.81. The summed E-state index contributed by atoms with van der Waals surface area (Å²) in [4.78, 5) is 3.06. The van der Waals surface area contributed by atoms with Crippen molar-refractivity contribution in [3.05, 3.63) is 24.0 Å². The Morgan fingerprint density at radius 3 is 3.00 bits per heavy atom. The number of H-pyrrole nitrogens is 1. The normalized spacial score (nSPS) is 13.3. The molecule has 0 fully saturated rings. The maximum absolute atomic E-state index is 8.58. The monoisotopic (exact) mass is 154 g/mol. The van der Waals surface area contributed by atoms with Gasteiger partial charge < -0.3 is 15.8 Å². The number of rotatable bonds is 4. The summed E-state index contributed by atoms with van der Waals surface area (Å²) < 4.78 is 0. The highest BCUT2D eigenvalue weighted by molar-refractivity contribution is 5.05. The average molecular weight is 154 g/mol. The van der Waals surface area contributed by atoms with Gasteiger partial charge in [-0.15, -0.1) is 0 Å². The summed E-state index contributed by atoms with van der Waals surface area (Å²) in [6.45, 7) is 0.169. The third-order valence-corrected chi connectivity index (χ3v) is 1.64. The predicted octanol–water partition coefficient (Wildman–Crippen LogP) is 0.267. The van der Waals surface area contributed by atoms with Crippen LogP contribution >= 0.6 is 0 Å². The molecule has 0 unspecified atom stereocenters. The smallest absolute Gasteiger partial charge is 0.0445 e. The van der Waals surface area contributed by atoms with Crippen molar-refractivity contribution in [2.75, 3.05) is 6.61 Å². The Hall–Kier alpha value is -0.800. The summed E-state index contributed by atoms with van der Waals surface area (Å²) in [5, 5.41) is 8.58. The van der Waals surface area contributed by atoms with Gasteiger partial charge in [-0.3, -0.25) is 0 Å². The van der Waals surface area contributed by atoms with Crippen LogP contribution in [0.2, 0.25) is 0 Å². The zero-order valence-electron chi connectivity index (χ0n) is 6.46. The molecule has 0 aliphatic rings. The minimum Gasteiger partial charge on any atom is -0.396 e. The molecule has 1 heterocycles. The van der Waals surface area contributed by atoms with E-state index < -0.39 is 0 Å². The van der Waals surface area contributed by atoms with E-state index in [2.05, 4.69) is 4.98 Å². The number of aromatic nitrogens is 1. The van der Waals surface area contributed by atoms with E-state index in [0.717, 1.165) is 12.1 Å². The molecule has 0 bridgehead atoms. The van der Waals surface area contributed by atoms with Gasteiger partial charge >= 0.3 is 0 Å². The maximum Gasteiger partial charge on any atom is 0.0445 e. The second-order valence-corrected chi connectivity index (χ2v) is 2.67. The quantitative estimate of drug-likeness (QED) is 0.582. The van der Waals surface area contributed by atoms with Crippen molar-refractivity contribution in [1.29, 1.82) is 0 Å². The molecule has 1 rings (SSSR count). The topological polar surface area (TPSA) is 62.0 Å². The van der Waals surface area contributed by atoms with Crippen molar-refractivity contribution >= 4 is 0 Å². The fraction of sp³-hybridized carbons (Fsp3) is 0.500. The van der Waals surface area contributed by atoms with Gasteiger partial charge in [-0.05, 0) is 18.6 Å². The number of hydrogen-bond donors (Lipinski definition) is 3. The number of aliphatic hydroxyl groups excluding tert-OH is 1. The first-order valence-corrected chi connectivity index (χ1v) is 3.81. The Morgan fingerprint density at radius 1 is 1.64 bits per heavy atom. The lowest BCUT2D eigenvalue weighted by Gasteiger charge is -2.07. The Morgan fingerprint density at radius 2 is 2.45 bits per heavy atom. The third-order valence-electron chi connectivity index (χ3n) is 1.64. The first-order chi connectivity index (χ1) is 5.33. The van der Waals surface area contributed by atoms with Gasteiger partial charge in [0.15, 0.2) is 0 Å². The standard InChI is InChI=1S/C8H14N2O/c9-7(3-5-11)6-8-2-1-4-10-8/h1-2,4,7,10-11H,3,5-6,9H2/t7-/m1/s1. The molecule has 4 N–H and O–H groups in total. The lowest BCUT2D eigenvalue weighted by Crippen LogP contribution is -2.24. The van der Waals surface area contributed by atoms with Gasteiger partial charge in [0.1, 0.15) is 0 Å². The van der Waals surface area contributed by atoms with E-state index in [-0.39, 0.29) is 12.6 Å². The molecule has 0 spiro atoms. The molecule has 0 saturated heterocycles. The highest BCUT2D eigenvalue weighted by Crippen LogP contribution is 2.00. The Balaban J connectivity index is 2.31. The number of nitrogens with one attached hydrogen (secondary N) is 1. The number of aromatic amines is 1. The fourth-order valence-electron chi connectivity index (χ4n) is 1.04. The molecule has 0 aliphatic heterocycles. The molecule has 0 radical (unpaired) electrons. The van der Waals surface area contributed by atoms with E-state index in [0.29, 0.717) is 6.42 Å². The predicted molar refractivity (Wildman–Crippen MR) is 44.2 cm³/mol. The zero-order chi connectivity index (χ0) is 8.10. The van der Waals surface area contributed by atoms with Gasteiger partial charge in [0, 0.05) is 31.0 Å². The molecule has 0 amide bonds. The van der Waals surface area contributed by atoms with Crippen molar-refractivity contribution in [1.82, 2.24) is 4.98 Å². The Bertz CT molecular complexity index is 184. The number of hydrogen-bond acceptors (Lipinski definition) is 2. The third kappa shape index (κ3) is 2.74. The molecule has 11 heavy (non-hydrogen) atoms. The van der Waals surface area contributed by atoms with Crippen molar-refractivity contribution < 1.29 is 5.11 Å². The summed E-state index contributed by atoms with van der Waals surface area (Å²) in [5.41, 5.74) is 6.83. The highest BCUT2D eigenvalue weighted by atomic mass is 16.3.